The van der Waals surface area contributed by atoms with E-state index in [2.05, 4.69) is 24.4 Å². The Morgan fingerprint density at radius 2 is 1.89 bits per heavy atom. The van der Waals surface area contributed by atoms with Crippen molar-refractivity contribution in [3.05, 3.63) is 64.7 Å². The third kappa shape index (κ3) is 3.03. The maximum absolute atomic E-state index is 6.02. The smallest absolute Gasteiger partial charge is 0.0636 e. The van der Waals surface area contributed by atoms with Gasteiger partial charge in [0, 0.05) is 17.3 Å². The first kappa shape index (κ1) is 12.9. The van der Waals surface area contributed by atoms with Crippen molar-refractivity contribution in [2.75, 3.05) is 11.9 Å². The van der Waals surface area contributed by atoms with Gasteiger partial charge in [0.05, 0.1) is 6.04 Å². The molecule has 0 aliphatic heterocycles. The van der Waals surface area contributed by atoms with E-state index in [1.165, 1.54) is 5.56 Å². The van der Waals surface area contributed by atoms with Gasteiger partial charge >= 0.3 is 0 Å². The summed E-state index contributed by atoms with van der Waals surface area (Å²) in [7, 11) is 0. The fourth-order valence-electron chi connectivity index (χ4n) is 1.90. The van der Waals surface area contributed by atoms with E-state index in [-0.39, 0.29) is 6.04 Å². The number of nitrogens with two attached hydrogens (primary N) is 1. The number of benzene rings is 2. The Hall–Kier alpha value is -1.51. The van der Waals surface area contributed by atoms with Crippen molar-refractivity contribution in [2.45, 2.75) is 13.0 Å². The minimum Gasteiger partial charge on any atom is -0.377 e. The van der Waals surface area contributed by atoms with Crippen LogP contribution in [-0.4, -0.2) is 6.54 Å². The molecule has 94 valence electrons. The van der Waals surface area contributed by atoms with Crippen molar-refractivity contribution >= 4 is 17.3 Å². The number of halogens is 1. The fraction of sp³-hybridized carbons (Fsp3) is 0.200. The summed E-state index contributed by atoms with van der Waals surface area (Å²) in [5.74, 6) is 0. The van der Waals surface area contributed by atoms with Crippen molar-refractivity contribution in [3.8, 4) is 0 Å². The molecule has 0 bridgehead atoms. The van der Waals surface area contributed by atoms with Crippen LogP contribution in [0.5, 0.6) is 0 Å². The summed E-state index contributed by atoms with van der Waals surface area (Å²) in [5.41, 5.74) is 9.22. The van der Waals surface area contributed by atoms with E-state index >= 15 is 0 Å². The van der Waals surface area contributed by atoms with E-state index in [0.29, 0.717) is 6.54 Å². The molecule has 0 heterocycles. The predicted octanol–water partition coefficient (Wildman–Crippen LogP) is 3.76. The van der Waals surface area contributed by atoms with E-state index in [0.717, 1.165) is 16.3 Å². The first-order valence-corrected chi connectivity index (χ1v) is 6.36. The number of aryl methyl sites for hydroxylation is 1. The van der Waals surface area contributed by atoms with Crippen molar-refractivity contribution < 1.29 is 0 Å². The molecule has 2 rings (SSSR count). The van der Waals surface area contributed by atoms with Crippen LogP contribution >= 0.6 is 11.6 Å². The lowest BCUT2D eigenvalue weighted by molar-refractivity contribution is 0.789. The van der Waals surface area contributed by atoms with Gasteiger partial charge in [0.2, 0.25) is 0 Å². The van der Waals surface area contributed by atoms with Gasteiger partial charge in [-0.25, -0.2) is 0 Å². The molecular weight excluding hydrogens is 244 g/mol. The van der Waals surface area contributed by atoms with Crippen molar-refractivity contribution in [1.82, 2.24) is 0 Å². The van der Waals surface area contributed by atoms with Gasteiger partial charge < -0.3 is 11.1 Å². The average Bonchev–Trinajstić information content (AvgIpc) is 2.41. The van der Waals surface area contributed by atoms with Crippen LogP contribution < -0.4 is 11.1 Å². The molecular formula is C15H17ClN2. The van der Waals surface area contributed by atoms with Crippen molar-refractivity contribution in [1.29, 1.82) is 0 Å². The first-order chi connectivity index (χ1) is 8.70. The molecule has 1 atom stereocenters. The molecule has 0 amide bonds. The Kier molecular flexibility index (Phi) is 4.24. The average molecular weight is 261 g/mol. The number of hydrogen-bond acceptors (Lipinski definition) is 2. The highest BCUT2D eigenvalue weighted by Gasteiger charge is 2.10. The van der Waals surface area contributed by atoms with Gasteiger partial charge in [0.15, 0.2) is 0 Å². The molecule has 2 nitrogen and oxygen atoms in total. The van der Waals surface area contributed by atoms with Gasteiger partial charge in [-0.3, -0.25) is 0 Å². The second-order valence-corrected chi connectivity index (χ2v) is 4.74. The predicted molar refractivity (Wildman–Crippen MR) is 78.0 cm³/mol. The summed E-state index contributed by atoms with van der Waals surface area (Å²) < 4.78 is 0. The molecule has 0 spiro atoms. The molecule has 0 aliphatic rings. The highest BCUT2D eigenvalue weighted by atomic mass is 35.5. The Morgan fingerprint density at radius 1 is 1.17 bits per heavy atom. The summed E-state index contributed by atoms with van der Waals surface area (Å²) in [6.45, 7) is 2.59. The molecule has 3 heteroatoms. The zero-order chi connectivity index (χ0) is 13.0. The van der Waals surface area contributed by atoms with Crippen LogP contribution in [0.1, 0.15) is 17.2 Å². The summed E-state index contributed by atoms with van der Waals surface area (Å²) in [6, 6.07) is 16.1. The highest BCUT2D eigenvalue weighted by molar-refractivity contribution is 6.30. The standard InChI is InChI=1S/C15H17ClN2/c1-11-7-8-13(16)9-14(11)18-15(10-17)12-5-3-2-4-6-12/h2-9,15,18H,10,17H2,1H3. The lowest BCUT2D eigenvalue weighted by Crippen LogP contribution is -2.20. The van der Waals surface area contributed by atoms with Crippen LogP contribution in [0.4, 0.5) is 5.69 Å². The van der Waals surface area contributed by atoms with E-state index in [4.69, 9.17) is 17.3 Å². The van der Waals surface area contributed by atoms with Crippen LogP contribution in [0, 0.1) is 6.92 Å². The van der Waals surface area contributed by atoms with E-state index in [1.54, 1.807) is 0 Å². The van der Waals surface area contributed by atoms with Crippen LogP contribution in [-0.2, 0) is 0 Å². The van der Waals surface area contributed by atoms with Gasteiger partial charge in [0.1, 0.15) is 0 Å². The Bertz CT molecular complexity index is 511. The number of anilines is 1. The molecule has 2 aromatic carbocycles. The quantitative estimate of drug-likeness (QED) is 0.878. The molecule has 0 aliphatic carbocycles. The first-order valence-electron chi connectivity index (χ1n) is 5.98. The Morgan fingerprint density at radius 3 is 2.56 bits per heavy atom. The van der Waals surface area contributed by atoms with Gasteiger partial charge in [0.25, 0.3) is 0 Å². The zero-order valence-electron chi connectivity index (χ0n) is 10.4. The summed E-state index contributed by atoms with van der Waals surface area (Å²) in [5, 5.41) is 4.17. The molecule has 18 heavy (non-hydrogen) atoms. The van der Waals surface area contributed by atoms with Gasteiger partial charge in [-0.05, 0) is 30.2 Å². The largest absolute Gasteiger partial charge is 0.377 e. The van der Waals surface area contributed by atoms with E-state index in [9.17, 15) is 0 Å². The van der Waals surface area contributed by atoms with Crippen LogP contribution in [0.15, 0.2) is 48.5 Å². The normalized spacial score (nSPS) is 12.2. The Labute approximate surface area is 113 Å². The maximum Gasteiger partial charge on any atom is 0.0636 e. The maximum atomic E-state index is 6.02. The topological polar surface area (TPSA) is 38.0 Å². The van der Waals surface area contributed by atoms with Crippen LogP contribution in [0.2, 0.25) is 5.02 Å². The lowest BCUT2D eigenvalue weighted by Gasteiger charge is -2.20. The zero-order valence-corrected chi connectivity index (χ0v) is 11.1. The molecule has 0 saturated heterocycles. The highest BCUT2D eigenvalue weighted by Crippen LogP contribution is 2.24. The molecule has 3 N–H and O–H groups in total. The minimum absolute atomic E-state index is 0.100. The van der Waals surface area contributed by atoms with Crippen molar-refractivity contribution in [2.24, 2.45) is 5.73 Å². The number of nitrogens with one attached hydrogen (secondary N) is 1. The summed E-state index contributed by atoms with van der Waals surface area (Å²) in [4.78, 5) is 0. The second kappa shape index (κ2) is 5.89. The fourth-order valence-corrected chi connectivity index (χ4v) is 2.07. The SMILES string of the molecule is Cc1ccc(Cl)cc1NC(CN)c1ccccc1. The minimum atomic E-state index is 0.100. The van der Waals surface area contributed by atoms with E-state index in [1.807, 2.05) is 36.4 Å². The molecule has 0 saturated carbocycles. The Balaban J connectivity index is 2.23. The molecule has 1 unspecified atom stereocenters. The van der Waals surface area contributed by atoms with Gasteiger partial charge in [-0.15, -0.1) is 0 Å². The van der Waals surface area contributed by atoms with Crippen LogP contribution in [0.3, 0.4) is 0 Å². The van der Waals surface area contributed by atoms with Gasteiger partial charge in [-0.1, -0.05) is 48.0 Å². The summed E-state index contributed by atoms with van der Waals surface area (Å²) >= 11 is 6.02. The summed E-state index contributed by atoms with van der Waals surface area (Å²) in [6.07, 6.45) is 0. The third-order valence-electron chi connectivity index (χ3n) is 2.97. The van der Waals surface area contributed by atoms with Crippen LogP contribution in [0.25, 0.3) is 0 Å². The van der Waals surface area contributed by atoms with E-state index < -0.39 is 0 Å². The molecule has 0 radical (unpaired) electrons. The third-order valence-corrected chi connectivity index (χ3v) is 3.20. The van der Waals surface area contributed by atoms with Gasteiger partial charge in [-0.2, -0.15) is 0 Å². The number of rotatable bonds is 4. The molecule has 0 aromatic heterocycles. The monoisotopic (exact) mass is 260 g/mol. The molecule has 0 fully saturated rings. The number of hydrogen-bond donors (Lipinski definition) is 2. The lowest BCUT2D eigenvalue weighted by atomic mass is 10.1. The second-order valence-electron chi connectivity index (χ2n) is 4.30. The van der Waals surface area contributed by atoms with Crippen molar-refractivity contribution in [3.63, 3.8) is 0 Å². The molecule has 2 aromatic rings.